The number of nitrogens with zero attached hydrogens (tertiary/aromatic N) is 1. The van der Waals surface area contributed by atoms with Gasteiger partial charge in [0.05, 0.1) is 16.8 Å². The summed E-state index contributed by atoms with van der Waals surface area (Å²) in [6.45, 7) is -1.56. The zero-order valence-electron chi connectivity index (χ0n) is 9.53. The van der Waals surface area contributed by atoms with Crippen LogP contribution >= 0.6 is 11.3 Å². The number of amides is 1. The zero-order chi connectivity index (χ0) is 13.9. The molecule has 0 spiro atoms. The molecule has 0 aliphatic heterocycles. The van der Waals surface area contributed by atoms with Gasteiger partial charge in [-0.15, -0.1) is 11.3 Å². The van der Waals surface area contributed by atoms with Crippen LogP contribution in [-0.2, 0) is 11.3 Å². The van der Waals surface area contributed by atoms with E-state index in [1.54, 1.807) is 0 Å². The van der Waals surface area contributed by atoms with Crippen LogP contribution in [0.15, 0.2) is 24.3 Å². The van der Waals surface area contributed by atoms with Crippen molar-refractivity contribution in [3.63, 3.8) is 0 Å². The van der Waals surface area contributed by atoms with Crippen LogP contribution < -0.4 is 5.32 Å². The maximum Gasteiger partial charge on any atom is 0.422 e. The Bertz CT molecular complexity index is 550. The number of hydrogen-bond acceptors (Lipinski definition) is 4. The smallest absolute Gasteiger partial charge is 0.422 e. The summed E-state index contributed by atoms with van der Waals surface area (Å²) in [6, 6.07) is 7.38. The first-order valence-electron chi connectivity index (χ1n) is 5.26. The Hall–Kier alpha value is -1.83. The molecule has 2 rings (SSSR count). The highest BCUT2D eigenvalue weighted by atomic mass is 32.1. The fraction of sp³-hybridized carbons (Fsp3) is 0.273. The molecule has 0 aliphatic rings. The Morgan fingerprint density at radius 1 is 1.37 bits per heavy atom. The standard InChI is InChI=1S/C11H9F3N2O2S/c12-11(13,14)6-18-10(17)15-5-9-16-7-3-1-2-4-8(7)19-9/h1-4H,5-6H2,(H,15,17). The second-order valence-electron chi connectivity index (χ2n) is 3.62. The molecule has 0 unspecified atom stereocenters. The molecule has 1 heterocycles. The first-order chi connectivity index (χ1) is 8.94. The SMILES string of the molecule is O=C(NCc1nc2ccccc2s1)OCC(F)(F)F. The number of ether oxygens (including phenoxy) is 1. The van der Waals surface area contributed by atoms with Gasteiger partial charge in [0.1, 0.15) is 5.01 Å². The van der Waals surface area contributed by atoms with Crippen molar-refractivity contribution < 1.29 is 22.7 Å². The fourth-order valence-corrected chi connectivity index (χ4v) is 2.25. The number of carbonyl (C=O) groups is 1. The Kier molecular flexibility index (Phi) is 3.89. The van der Waals surface area contributed by atoms with Gasteiger partial charge in [-0.25, -0.2) is 9.78 Å². The number of halogens is 3. The number of thiazole rings is 1. The number of para-hydroxylation sites is 1. The minimum Gasteiger partial charge on any atom is -0.440 e. The summed E-state index contributed by atoms with van der Waals surface area (Å²) in [5.41, 5.74) is 0.785. The van der Waals surface area contributed by atoms with Gasteiger partial charge in [-0.1, -0.05) is 12.1 Å². The number of rotatable bonds is 3. The van der Waals surface area contributed by atoms with Gasteiger partial charge in [0.2, 0.25) is 0 Å². The van der Waals surface area contributed by atoms with Gasteiger partial charge < -0.3 is 10.1 Å². The normalized spacial score (nSPS) is 11.5. The largest absolute Gasteiger partial charge is 0.440 e. The van der Waals surface area contributed by atoms with Crippen molar-refractivity contribution in [2.45, 2.75) is 12.7 Å². The molecule has 19 heavy (non-hydrogen) atoms. The van der Waals surface area contributed by atoms with E-state index in [4.69, 9.17) is 0 Å². The zero-order valence-corrected chi connectivity index (χ0v) is 10.3. The predicted octanol–water partition coefficient (Wildman–Crippen LogP) is 3.08. The quantitative estimate of drug-likeness (QED) is 0.945. The van der Waals surface area contributed by atoms with Gasteiger partial charge in [0.15, 0.2) is 6.61 Å². The molecule has 1 N–H and O–H groups in total. The lowest BCUT2D eigenvalue weighted by Crippen LogP contribution is -2.28. The molecule has 1 amide bonds. The summed E-state index contributed by atoms with van der Waals surface area (Å²) in [6.07, 6.45) is -5.63. The van der Waals surface area contributed by atoms with E-state index >= 15 is 0 Å². The number of fused-ring (bicyclic) bond motifs is 1. The fourth-order valence-electron chi connectivity index (χ4n) is 1.34. The van der Waals surface area contributed by atoms with Crippen molar-refractivity contribution in [2.24, 2.45) is 0 Å². The van der Waals surface area contributed by atoms with Crippen LogP contribution in [0, 0.1) is 0 Å². The number of aromatic nitrogens is 1. The molecule has 0 atom stereocenters. The number of carbonyl (C=O) groups excluding carboxylic acids is 1. The summed E-state index contributed by atoms with van der Waals surface area (Å²) in [5, 5.41) is 2.82. The third kappa shape index (κ3) is 4.09. The molecule has 1 aromatic carbocycles. The highest BCUT2D eigenvalue weighted by Crippen LogP contribution is 2.21. The predicted molar refractivity (Wildman–Crippen MR) is 63.9 cm³/mol. The maximum atomic E-state index is 11.8. The molecule has 0 radical (unpaired) electrons. The van der Waals surface area contributed by atoms with Crippen molar-refractivity contribution in [1.82, 2.24) is 10.3 Å². The third-order valence-corrected chi connectivity index (χ3v) is 3.13. The molecule has 0 saturated carbocycles. The number of hydrogen-bond donors (Lipinski definition) is 1. The van der Waals surface area contributed by atoms with Crippen LogP contribution in [0.3, 0.4) is 0 Å². The molecule has 4 nitrogen and oxygen atoms in total. The van der Waals surface area contributed by atoms with Gasteiger partial charge >= 0.3 is 12.3 Å². The van der Waals surface area contributed by atoms with E-state index in [0.717, 1.165) is 10.2 Å². The lowest BCUT2D eigenvalue weighted by atomic mass is 10.3. The van der Waals surface area contributed by atoms with Crippen molar-refractivity contribution >= 4 is 27.6 Å². The van der Waals surface area contributed by atoms with E-state index in [1.165, 1.54) is 11.3 Å². The van der Waals surface area contributed by atoms with E-state index in [2.05, 4.69) is 15.0 Å². The lowest BCUT2D eigenvalue weighted by molar-refractivity contribution is -0.160. The minimum absolute atomic E-state index is 0.0377. The monoisotopic (exact) mass is 290 g/mol. The van der Waals surface area contributed by atoms with Gasteiger partial charge in [-0.2, -0.15) is 13.2 Å². The van der Waals surface area contributed by atoms with Crippen LogP contribution in [0.2, 0.25) is 0 Å². The summed E-state index contributed by atoms with van der Waals surface area (Å²) in [4.78, 5) is 15.2. The highest BCUT2D eigenvalue weighted by molar-refractivity contribution is 7.18. The van der Waals surface area contributed by atoms with E-state index in [9.17, 15) is 18.0 Å². The Morgan fingerprint density at radius 3 is 2.79 bits per heavy atom. The van der Waals surface area contributed by atoms with E-state index in [-0.39, 0.29) is 6.54 Å². The van der Waals surface area contributed by atoms with Gasteiger partial charge in [-0.3, -0.25) is 0 Å². The summed E-state index contributed by atoms with van der Waals surface area (Å²) in [5.74, 6) is 0. The molecule has 8 heteroatoms. The van der Waals surface area contributed by atoms with Gasteiger partial charge in [0, 0.05) is 0 Å². The Balaban J connectivity index is 1.86. The van der Waals surface area contributed by atoms with Crippen molar-refractivity contribution in [3.8, 4) is 0 Å². The number of nitrogens with one attached hydrogen (secondary N) is 1. The number of benzene rings is 1. The second kappa shape index (κ2) is 5.43. The molecular formula is C11H9F3N2O2S. The summed E-state index contributed by atoms with van der Waals surface area (Å²) < 4.78 is 40.4. The van der Waals surface area contributed by atoms with Crippen LogP contribution in [-0.4, -0.2) is 23.9 Å². The van der Waals surface area contributed by atoms with Crippen LogP contribution in [0.25, 0.3) is 10.2 Å². The highest BCUT2D eigenvalue weighted by Gasteiger charge is 2.29. The topological polar surface area (TPSA) is 51.2 Å². The molecule has 102 valence electrons. The first kappa shape index (κ1) is 13.6. The first-order valence-corrected chi connectivity index (χ1v) is 6.07. The molecule has 2 aromatic rings. The minimum atomic E-state index is -4.52. The van der Waals surface area contributed by atoms with Crippen LogP contribution in [0.1, 0.15) is 5.01 Å². The van der Waals surface area contributed by atoms with Gasteiger partial charge in [-0.05, 0) is 12.1 Å². The Morgan fingerprint density at radius 2 is 2.11 bits per heavy atom. The van der Waals surface area contributed by atoms with Gasteiger partial charge in [0.25, 0.3) is 0 Å². The molecule has 0 fully saturated rings. The van der Waals surface area contributed by atoms with Crippen molar-refractivity contribution in [1.29, 1.82) is 0 Å². The van der Waals surface area contributed by atoms with E-state index < -0.39 is 18.9 Å². The number of alkyl carbamates (subject to hydrolysis) is 1. The third-order valence-electron chi connectivity index (χ3n) is 2.09. The Labute approximate surface area is 110 Å². The average molecular weight is 290 g/mol. The lowest BCUT2D eigenvalue weighted by Gasteiger charge is -2.07. The summed E-state index contributed by atoms with van der Waals surface area (Å²) >= 11 is 1.36. The molecule has 0 saturated heterocycles. The molecule has 0 bridgehead atoms. The van der Waals surface area contributed by atoms with Crippen LogP contribution in [0.4, 0.5) is 18.0 Å². The van der Waals surface area contributed by atoms with Crippen LogP contribution in [0.5, 0.6) is 0 Å². The second-order valence-corrected chi connectivity index (χ2v) is 4.74. The molecule has 0 aliphatic carbocycles. The number of alkyl halides is 3. The maximum absolute atomic E-state index is 11.8. The average Bonchev–Trinajstić information content (AvgIpc) is 2.75. The molecular weight excluding hydrogens is 281 g/mol. The molecule has 1 aromatic heterocycles. The van der Waals surface area contributed by atoms with Crippen molar-refractivity contribution in [3.05, 3.63) is 29.3 Å². The van der Waals surface area contributed by atoms with E-state index in [0.29, 0.717) is 5.01 Å². The van der Waals surface area contributed by atoms with Crippen molar-refractivity contribution in [2.75, 3.05) is 6.61 Å². The van der Waals surface area contributed by atoms with E-state index in [1.807, 2.05) is 24.3 Å². The summed E-state index contributed by atoms with van der Waals surface area (Å²) in [7, 11) is 0.